The van der Waals surface area contributed by atoms with E-state index in [2.05, 4.69) is 6.92 Å². The largest absolute Gasteiger partial charge is 0.488 e. The number of rotatable bonds is 6. The van der Waals surface area contributed by atoms with Gasteiger partial charge in [-0.2, -0.15) is 0 Å². The summed E-state index contributed by atoms with van der Waals surface area (Å²) >= 11 is 0. The van der Waals surface area contributed by atoms with Crippen LogP contribution in [0.25, 0.3) is 6.20 Å². The molecule has 2 fully saturated rings. The number of carbonyl (C=O) groups excluding carboxylic acids is 1. The first-order chi connectivity index (χ1) is 11.8. The minimum atomic E-state index is -0.226. The molecule has 2 atom stereocenters. The van der Waals surface area contributed by atoms with Crippen molar-refractivity contribution in [2.45, 2.75) is 64.1 Å². The number of carbonyl (C=O) groups is 1. The van der Waals surface area contributed by atoms with Gasteiger partial charge in [-0.25, -0.2) is 9.37 Å². The van der Waals surface area contributed by atoms with Gasteiger partial charge in [0.1, 0.15) is 12.2 Å². The number of allylic oxidation sites excluding steroid dienone is 1. The highest BCUT2D eigenvalue weighted by Crippen LogP contribution is 2.53. The van der Waals surface area contributed by atoms with Crippen molar-refractivity contribution in [3.05, 3.63) is 35.4 Å². The van der Waals surface area contributed by atoms with Gasteiger partial charge in [-0.05, 0) is 47.0 Å². The van der Waals surface area contributed by atoms with E-state index in [1.807, 2.05) is 13.1 Å². The Morgan fingerprint density at radius 1 is 1.48 bits per heavy atom. The van der Waals surface area contributed by atoms with E-state index < -0.39 is 0 Å². The van der Waals surface area contributed by atoms with Crippen molar-refractivity contribution in [3.8, 4) is 0 Å². The van der Waals surface area contributed by atoms with Gasteiger partial charge in [0.2, 0.25) is 0 Å². The number of nitrogens with zero attached hydrogens (tertiary/aromatic N) is 2. The van der Waals surface area contributed by atoms with Crippen LogP contribution in [0.1, 0.15) is 51.6 Å². The molecule has 1 aromatic heterocycles. The Hall–Kier alpha value is -1.95. The highest BCUT2D eigenvalue weighted by Gasteiger charge is 2.55. The van der Waals surface area contributed by atoms with Crippen LogP contribution < -0.4 is 0 Å². The zero-order chi connectivity index (χ0) is 18.2. The first-order valence-corrected chi connectivity index (χ1v) is 8.65. The van der Waals surface area contributed by atoms with Gasteiger partial charge < -0.3 is 14.0 Å². The summed E-state index contributed by atoms with van der Waals surface area (Å²) in [7, 11) is 0. The minimum absolute atomic E-state index is 0.0449. The Kier molecular flexibility index (Phi) is 4.58. The van der Waals surface area contributed by atoms with Crippen molar-refractivity contribution in [1.82, 2.24) is 9.55 Å². The Labute approximate surface area is 147 Å². The normalized spacial score (nSPS) is 29.5. The van der Waals surface area contributed by atoms with Crippen molar-refractivity contribution < 1.29 is 18.7 Å². The first kappa shape index (κ1) is 17.9. The van der Waals surface area contributed by atoms with Gasteiger partial charge in [0.25, 0.3) is 0 Å². The van der Waals surface area contributed by atoms with Crippen LogP contribution in [0.4, 0.5) is 4.39 Å². The maximum atomic E-state index is 13.1. The van der Waals surface area contributed by atoms with Gasteiger partial charge in [-0.1, -0.05) is 0 Å². The molecular weight excluding hydrogens is 323 g/mol. The first-order valence-electron chi connectivity index (χ1n) is 8.65. The fraction of sp³-hybridized carbons (Fsp3) is 0.579. The SMILES string of the molecule is Cc1nc(C23CCC(C)(C2)OC3)cn1/C=C(C=O)\C(=C\F)OC(C)C. The predicted molar refractivity (Wildman–Crippen MR) is 92.6 cm³/mol. The van der Waals surface area contributed by atoms with E-state index in [9.17, 15) is 9.18 Å². The third-order valence-electron chi connectivity index (χ3n) is 5.15. The Morgan fingerprint density at radius 3 is 2.72 bits per heavy atom. The van der Waals surface area contributed by atoms with Crippen LogP contribution in [-0.2, 0) is 19.7 Å². The summed E-state index contributed by atoms with van der Waals surface area (Å²) in [6.45, 7) is 8.25. The molecule has 0 radical (unpaired) electrons. The van der Waals surface area contributed by atoms with Gasteiger partial charge in [-0.3, -0.25) is 4.79 Å². The molecule has 1 aliphatic carbocycles. The van der Waals surface area contributed by atoms with Crippen LogP contribution in [0.3, 0.4) is 0 Å². The zero-order valence-electron chi connectivity index (χ0n) is 15.2. The molecule has 0 spiro atoms. The maximum Gasteiger partial charge on any atom is 0.159 e. The third kappa shape index (κ3) is 3.27. The Morgan fingerprint density at radius 2 is 2.24 bits per heavy atom. The molecule has 6 heteroatoms. The topological polar surface area (TPSA) is 53.4 Å². The quantitative estimate of drug-likeness (QED) is 0.341. The smallest absolute Gasteiger partial charge is 0.159 e. The van der Waals surface area contributed by atoms with E-state index in [-0.39, 0.29) is 28.5 Å². The lowest BCUT2D eigenvalue weighted by molar-refractivity contribution is -0.105. The van der Waals surface area contributed by atoms with Gasteiger partial charge in [0.15, 0.2) is 12.0 Å². The molecule has 1 aliphatic heterocycles. The molecule has 3 rings (SSSR count). The van der Waals surface area contributed by atoms with Crippen molar-refractivity contribution in [1.29, 1.82) is 0 Å². The lowest BCUT2D eigenvalue weighted by Gasteiger charge is -2.24. The van der Waals surface area contributed by atoms with E-state index in [1.54, 1.807) is 24.6 Å². The summed E-state index contributed by atoms with van der Waals surface area (Å²) in [6, 6.07) is 0. The molecule has 2 heterocycles. The second-order valence-corrected chi connectivity index (χ2v) is 7.62. The van der Waals surface area contributed by atoms with Crippen LogP contribution in [0.5, 0.6) is 0 Å². The van der Waals surface area contributed by atoms with Gasteiger partial charge >= 0.3 is 0 Å². The molecule has 0 amide bonds. The monoisotopic (exact) mass is 348 g/mol. The Balaban J connectivity index is 1.91. The average molecular weight is 348 g/mol. The molecule has 0 N–H and O–H groups in total. The molecule has 2 bridgehead atoms. The second kappa shape index (κ2) is 6.41. The lowest BCUT2D eigenvalue weighted by atomic mass is 9.84. The summed E-state index contributed by atoms with van der Waals surface area (Å²) in [5.41, 5.74) is 1.02. The Bertz CT molecular complexity index is 725. The van der Waals surface area contributed by atoms with Crippen LogP contribution >= 0.6 is 0 Å². The van der Waals surface area contributed by atoms with E-state index in [1.165, 1.54) is 0 Å². The average Bonchev–Trinajstić information content (AvgIpc) is 3.21. The molecule has 136 valence electrons. The summed E-state index contributed by atoms with van der Waals surface area (Å²) < 4.78 is 26.2. The van der Waals surface area contributed by atoms with Crippen molar-refractivity contribution >= 4 is 12.5 Å². The fourth-order valence-corrected chi connectivity index (χ4v) is 3.83. The van der Waals surface area contributed by atoms with Crippen LogP contribution in [0.15, 0.2) is 23.9 Å². The molecular formula is C19H25FN2O3. The fourth-order valence-electron chi connectivity index (χ4n) is 3.83. The summed E-state index contributed by atoms with van der Waals surface area (Å²) in [5.74, 6) is 0.669. The molecule has 1 saturated heterocycles. The molecule has 1 aromatic rings. The number of fused-ring (bicyclic) bond motifs is 2. The number of hydrogen-bond donors (Lipinski definition) is 0. The van der Waals surface area contributed by atoms with Crippen molar-refractivity contribution in [3.63, 3.8) is 0 Å². The molecule has 2 unspecified atom stereocenters. The number of imidazole rings is 1. The van der Waals surface area contributed by atoms with Crippen molar-refractivity contribution in [2.75, 3.05) is 6.61 Å². The number of aromatic nitrogens is 2. The molecule has 0 aromatic carbocycles. The van der Waals surface area contributed by atoms with E-state index >= 15 is 0 Å². The van der Waals surface area contributed by atoms with Crippen molar-refractivity contribution in [2.24, 2.45) is 0 Å². The van der Waals surface area contributed by atoms with E-state index in [0.717, 1.165) is 30.8 Å². The lowest BCUT2D eigenvalue weighted by Crippen LogP contribution is -2.26. The summed E-state index contributed by atoms with van der Waals surface area (Å²) in [5, 5.41) is 0. The van der Waals surface area contributed by atoms with Crippen LogP contribution in [0, 0.1) is 6.92 Å². The van der Waals surface area contributed by atoms with E-state index in [4.69, 9.17) is 14.5 Å². The minimum Gasteiger partial charge on any atom is -0.488 e. The van der Waals surface area contributed by atoms with Gasteiger partial charge in [-0.15, -0.1) is 0 Å². The molecule has 1 saturated carbocycles. The van der Waals surface area contributed by atoms with Crippen LogP contribution in [0.2, 0.25) is 0 Å². The van der Waals surface area contributed by atoms with Gasteiger partial charge in [0, 0.05) is 17.8 Å². The van der Waals surface area contributed by atoms with Gasteiger partial charge in [0.05, 0.1) is 29.6 Å². The van der Waals surface area contributed by atoms with E-state index in [0.29, 0.717) is 19.2 Å². The highest BCUT2D eigenvalue weighted by atomic mass is 19.1. The highest BCUT2D eigenvalue weighted by molar-refractivity contribution is 5.83. The molecule has 25 heavy (non-hydrogen) atoms. The summed E-state index contributed by atoms with van der Waals surface area (Å²) in [4.78, 5) is 16.1. The zero-order valence-corrected chi connectivity index (χ0v) is 15.2. The number of halogens is 1. The number of ether oxygens (including phenoxy) is 2. The number of hydrogen-bond acceptors (Lipinski definition) is 4. The predicted octanol–water partition coefficient (Wildman–Crippen LogP) is 3.68. The third-order valence-corrected chi connectivity index (χ3v) is 5.15. The second-order valence-electron chi connectivity index (χ2n) is 7.62. The maximum absolute atomic E-state index is 13.1. The van der Waals surface area contributed by atoms with Crippen LogP contribution in [-0.4, -0.2) is 34.1 Å². The number of aryl methyl sites for hydroxylation is 1. The molecule has 5 nitrogen and oxygen atoms in total. The standard InChI is InChI=1S/C19H25FN2O3/c1-13(2)25-16(7-20)15(10-23)8-22-9-17(21-14(22)3)19-6-5-18(4,11-19)24-12-19/h7-10,13H,5-6,11-12H2,1-4H3/b15-8-,16-7-. The summed E-state index contributed by atoms with van der Waals surface area (Å²) in [6.07, 6.45) is 7.22. The number of aldehydes is 1. The molecule has 2 aliphatic rings.